The Bertz CT molecular complexity index is 469. The van der Waals surface area contributed by atoms with Crippen molar-refractivity contribution in [2.75, 3.05) is 25.0 Å². The van der Waals surface area contributed by atoms with Crippen LogP contribution in [-0.2, 0) is 11.3 Å². The number of nitrogens with zero attached hydrogens (tertiary/aromatic N) is 1. The van der Waals surface area contributed by atoms with Crippen molar-refractivity contribution in [2.45, 2.75) is 45.4 Å². The topological polar surface area (TPSA) is 24.5 Å². The molecule has 1 N–H and O–H groups in total. The molecule has 0 atom stereocenters. The fraction of sp³-hybridized carbons (Fsp3) is 0.625. The molecule has 1 saturated heterocycles. The standard InChI is InChI=1S/C16H25ClN2O/c1-15(2)10-19(11-16(3,4)20-15)14-8-13(17)7-6-12(14)9-18-5/h6-8,18H,9-11H2,1-5H3. The largest absolute Gasteiger partial charge is 0.366 e. The molecular weight excluding hydrogens is 272 g/mol. The van der Waals surface area contributed by atoms with E-state index in [4.69, 9.17) is 16.3 Å². The lowest BCUT2D eigenvalue weighted by Gasteiger charge is -2.48. The highest BCUT2D eigenvalue weighted by Gasteiger charge is 2.38. The minimum Gasteiger partial charge on any atom is -0.366 e. The number of benzene rings is 1. The predicted octanol–water partition coefficient (Wildman–Crippen LogP) is 3.45. The number of rotatable bonds is 3. The predicted molar refractivity (Wildman–Crippen MR) is 85.7 cm³/mol. The van der Waals surface area contributed by atoms with Crippen molar-refractivity contribution in [3.8, 4) is 0 Å². The Labute approximate surface area is 127 Å². The second-order valence-electron chi connectivity index (χ2n) is 6.78. The van der Waals surface area contributed by atoms with Gasteiger partial charge in [0.1, 0.15) is 0 Å². The summed E-state index contributed by atoms with van der Waals surface area (Å²) in [6.45, 7) is 11.1. The molecule has 20 heavy (non-hydrogen) atoms. The van der Waals surface area contributed by atoms with Gasteiger partial charge in [0, 0.05) is 30.3 Å². The first-order valence-electron chi connectivity index (χ1n) is 7.11. The summed E-state index contributed by atoms with van der Waals surface area (Å²) >= 11 is 6.20. The van der Waals surface area contributed by atoms with Gasteiger partial charge in [0.25, 0.3) is 0 Å². The summed E-state index contributed by atoms with van der Waals surface area (Å²) in [5.74, 6) is 0. The normalized spacial score (nSPS) is 21.0. The molecule has 0 amide bonds. The van der Waals surface area contributed by atoms with Gasteiger partial charge < -0.3 is 15.0 Å². The third-order valence-corrected chi connectivity index (χ3v) is 3.69. The van der Waals surface area contributed by atoms with Gasteiger partial charge in [0.05, 0.1) is 11.2 Å². The maximum atomic E-state index is 6.20. The first-order valence-corrected chi connectivity index (χ1v) is 7.48. The Kier molecular flexibility index (Phi) is 4.33. The number of morpholine rings is 1. The first-order chi connectivity index (χ1) is 9.22. The Morgan fingerprint density at radius 2 is 1.80 bits per heavy atom. The molecule has 3 nitrogen and oxygen atoms in total. The van der Waals surface area contributed by atoms with E-state index in [-0.39, 0.29) is 11.2 Å². The van der Waals surface area contributed by atoms with Crippen LogP contribution in [0.2, 0.25) is 5.02 Å². The molecule has 2 rings (SSSR count). The number of ether oxygens (including phenoxy) is 1. The van der Waals surface area contributed by atoms with Crippen molar-refractivity contribution in [1.82, 2.24) is 5.32 Å². The van der Waals surface area contributed by atoms with E-state index in [1.54, 1.807) is 0 Å². The SMILES string of the molecule is CNCc1ccc(Cl)cc1N1CC(C)(C)OC(C)(C)C1. The Hall–Kier alpha value is -0.770. The quantitative estimate of drug-likeness (QED) is 0.924. The molecule has 0 aromatic heterocycles. The molecule has 1 aliphatic heterocycles. The molecule has 1 aliphatic rings. The Morgan fingerprint density at radius 1 is 1.20 bits per heavy atom. The molecule has 0 spiro atoms. The zero-order valence-electron chi connectivity index (χ0n) is 13.1. The van der Waals surface area contributed by atoms with Gasteiger partial charge in [-0.2, -0.15) is 0 Å². The first kappa shape index (κ1) is 15.6. The van der Waals surface area contributed by atoms with E-state index in [1.165, 1.54) is 11.3 Å². The average Bonchev–Trinajstić information content (AvgIpc) is 2.27. The van der Waals surface area contributed by atoms with Crippen molar-refractivity contribution in [1.29, 1.82) is 0 Å². The summed E-state index contributed by atoms with van der Waals surface area (Å²) in [4.78, 5) is 2.39. The molecule has 0 radical (unpaired) electrons. The molecule has 1 aromatic carbocycles. The Balaban J connectivity index is 2.36. The number of hydrogen-bond acceptors (Lipinski definition) is 3. The van der Waals surface area contributed by atoms with E-state index < -0.39 is 0 Å². The highest BCUT2D eigenvalue weighted by atomic mass is 35.5. The second-order valence-corrected chi connectivity index (χ2v) is 7.22. The van der Waals surface area contributed by atoms with Crippen LogP contribution in [0.4, 0.5) is 5.69 Å². The van der Waals surface area contributed by atoms with Crippen LogP contribution in [0.3, 0.4) is 0 Å². The van der Waals surface area contributed by atoms with Crippen molar-refractivity contribution in [3.63, 3.8) is 0 Å². The van der Waals surface area contributed by atoms with Crippen LogP contribution in [0.5, 0.6) is 0 Å². The van der Waals surface area contributed by atoms with E-state index in [2.05, 4.69) is 50.0 Å². The Morgan fingerprint density at radius 3 is 2.35 bits per heavy atom. The van der Waals surface area contributed by atoms with Gasteiger partial charge in [-0.3, -0.25) is 0 Å². The lowest BCUT2D eigenvalue weighted by molar-refractivity contribution is -0.133. The summed E-state index contributed by atoms with van der Waals surface area (Å²) < 4.78 is 6.15. The van der Waals surface area contributed by atoms with E-state index in [0.29, 0.717) is 0 Å². The van der Waals surface area contributed by atoms with Crippen LogP contribution in [0.1, 0.15) is 33.3 Å². The van der Waals surface area contributed by atoms with Gasteiger partial charge >= 0.3 is 0 Å². The highest BCUT2D eigenvalue weighted by Crippen LogP contribution is 2.34. The summed E-state index contributed by atoms with van der Waals surface area (Å²) in [6.07, 6.45) is 0. The van der Waals surface area contributed by atoms with Crippen LogP contribution < -0.4 is 10.2 Å². The zero-order chi connectivity index (χ0) is 15.0. The maximum absolute atomic E-state index is 6.20. The van der Waals surface area contributed by atoms with Crippen LogP contribution in [-0.4, -0.2) is 31.3 Å². The molecule has 0 bridgehead atoms. The van der Waals surface area contributed by atoms with Gasteiger partial charge in [-0.1, -0.05) is 17.7 Å². The molecule has 4 heteroatoms. The lowest BCUT2D eigenvalue weighted by Crippen LogP contribution is -2.57. The maximum Gasteiger partial charge on any atom is 0.0808 e. The number of hydrogen-bond donors (Lipinski definition) is 1. The molecule has 112 valence electrons. The minimum atomic E-state index is -0.166. The zero-order valence-corrected chi connectivity index (χ0v) is 13.8. The van der Waals surface area contributed by atoms with E-state index in [1.807, 2.05) is 13.1 Å². The van der Waals surface area contributed by atoms with Gasteiger partial charge in [0.2, 0.25) is 0 Å². The van der Waals surface area contributed by atoms with Crippen LogP contribution in [0.15, 0.2) is 18.2 Å². The molecule has 0 saturated carbocycles. The van der Waals surface area contributed by atoms with Crippen LogP contribution in [0.25, 0.3) is 0 Å². The van der Waals surface area contributed by atoms with E-state index in [0.717, 1.165) is 24.7 Å². The molecule has 0 aliphatic carbocycles. The lowest BCUT2D eigenvalue weighted by atomic mass is 9.97. The van der Waals surface area contributed by atoms with Gasteiger partial charge in [0.15, 0.2) is 0 Å². The second kappa shape index (κ2) is 5.55. The fourth-order valence-corrected chi connectivity index (χ4v) is 3.30. The van der Waals surface area contributed by atoms with E-state index >= 15 is 0 Å². The molecular formula is C16H25ClN2O. The van der Waals surface area contributed by atoms with Crippen molar-refractivity contribution >= 4 is 17.3 Å². The number of halogens is 1. The van der Waals surface area contributed by atoms with Crippen LogP contribution >= 0.6 is 11.6 Å². The van der Waals surface area contributed by atoms with Crippen LogP contribution in [0, 0.1) is 0 Å². The van der Waals surface area contributed by atoms with Gasteiger partial charge in [-0.05, 0) is 52.4 Å². The third kappa shape index (κ3) is 3.66. The summed E-state index contributed by atoms with van der Waals surface area (Å²) in [5.41, 5.74) is 2.14. The van der Waals surface area contributed by atoms with Crippen molar-refractivity contribution in [3.05, 3.63) is 28.8 Å². The summed E-state index contributed by atoms with van der Waals surface area (Å²) in [6, 6.07) is 6.11. The monoisotopic (exact) mass is 296 g/mol. The summed E-state index contributed by atoms with van der Waals surface area (Å²) in [5, 5.41) is 4.00. The highest BCUT2D eigenvalue weighted by molar-refractivity contribution is 6.30. The molecule has 0 unspecified atom stereocenters. The number of nitrogens with one attached hydrogen (secondary N) is 1. The fourth-order valence-electron chi connectivity index (χ4n) is 3.13. The van der Waals surface area contributed by atoms with Gasteiger partial charge in [-0.15, -0.1) is 0 Å². The smallest absolute Gasteiger partial charge is 0.0808 e. The average molecular weight is 297 g/mol. The molecule has 1 fully saturated rings. The summed E-state index contributed by atoms with van der Waals surface area (Å²) in [7, 11) is 1.96. The third-order valence-electron chi connectivity index (χ3n) is 3.45. The van der Waals surface area contributed by atoms with Gasteiger partial charge in [-0.25, -0.2) is 0 Å². The number of anilines is 1. The molecule has 1 heterocycles. The van der Waals surface area contributed by atoms with E-state index in [9.17, 15) is 0 Å². The molecule has 1 aromatic rings. The van der Waals surface area contributed by atoms with Crippen molar-refractivity contribution < 1.29 is 4.74 Å². The van der Waals surface area contributed by atoms with Crippen molar-refractivity contribution in [2.24, 2.45) is 0 Å². The minimum absolute atomic E-state index is 0.166.